The summed E-state index contributed by atoms with van der Waals surface area (Å²) in [6.07, 6.45) is 1.89. The summed E-state index contributed by atoms with van der Waals surface area (Å²) in [4.78, 5) is 0. The number of piperidine rings is 1. The first-order valence-electron chi connectivity index (χ1n) is 7.62. The smallest absolute Gasteiger partial charge is 0.279 e. The van der Waals surface area contributed by atoms with Crippen LogP contribution < -0.4 is 10.5 Å². The minimum Gasteiger partial charge on any atom is -0.347 e. The third-order valence-electron chi connectivity index (χ3n) is 3.99. The van der Waals surface area contributed by atoms with Crippen LogP contribution in [0.4, 0.5) is 0 Å². The van der Waals surface area contributed by atoms with Gasteiger partial charge in [0.25, 0.3) is 10.2 Å². The second-order valence-corrected chi connectivity index (χ2v) is 7.89. The summed E-state index contributed by atoms with van der Waals surface area (Å²) in [5, 5.41) is 0. The second kappa shape index (κ2) is 8.23. The number of ether oxygens (including phenoxy) is 2. The van der Waals surface area contributed by atoms with E-state index in [-0.39, 0.29) is 18.4 Å². The van der Waals surface area contributed by atoms with Crippen LogP contribution in [0.25, 0.3) is 0 Å². The third-order valence-corrected chi connectivity index (χ3v) is 5.67. The number of hydrogen-bond acceptors (Lipinski definition) is 5. The standard InChI is InChI=1S/C13H27N3O4S.ClH/c1-11(2)9-12(10-14)15-21(17,18)16-5-3-13(4-6-16)19-7-8-20-13;/h11-12,15H,3-10,14H2,1-2H3;1H. The molecular weight excluding hydrogens is 330 g/mol. The van der Waals surface area contributed by atoms with Crippen molar-refractivity contribution in [1.82, 2.24) is 9.03 Å². The van der Waals surface area contributed by atoms with Crippen LogP contribution in [0.15, 0.2) is 0 Å². The molecule has 1 atom stereocenters. The number of hydrogen-bond donors (Lipinski definition) is 2. The average Bonchev–Trinajstić information content (AvgIpc) is 2.86. The molecule has 0 aromatic carbocycles. The molecule has 22 heavy (non-hydrogen) atoms. The van der Waals surface area contributed by atoms with Gasteiger partial charge in [-0.15, -0.1) is 12.4 Å². The van der Waals surface area contributed by atoms with Crippen molar-refractivity contribution in [2.24, 2.45) is 11.7 Å². The first kappa shape index (κ1) is 20.1. The molecule has 0 radical (unpaired) electrons. The molecule has 1 unspecified atom stereocenters. The number of nitrogens with one attached hydrogen (secondary N) is 1. The predicted molar refractivity (Wildman–Crippen MR) is 87.0 cm³/mol. The van der Waals surface area contributed by atoms with E-state index in [1.165, 1.54) is 4.31 Å². The van der Waals surface area contributed by atoms with Crippen molar-refractivity contribution >= 4 is 22.6 Å². The summed E-state index contributed by atoms with van der Waals surface area (Å²) >= 11 is 0. The van der Waals surface area contributed by atoms with Gasteiger partial charge in [0.2, 0.25) is 0 Å². The fourth-order valence-electron chi connectivity index (χ4n) is 2.90. The van der Waals surface area contributed by atoms with Gasteiger partial charge in [-0.1, -0.05) is 13.8 Å². The van der Waals surface area contributed by atoms with Gasteiger partial charge >= 0.3 is 0 Å². The molecule has 9 heteroatoms. The van der Waals surface area contributed by atoms with E-state index < -0.39 is 16.0 Å². The Hall–Kier alpha value is 0.0400. The molecule has 2 rings (SSSR count). The molecule has 0 bridgehead atoms. The van der Waals surface area contributed by atoms with Crippen molar-refractivity contribution in [1.29, 1.82) is 0 Å². The molecular formula is C13H28ClN3O4S. The van der Waals surface area contributed by atoms with Crippen LogP contribution in [-0.2, 0) is 19.7 Å². The Morgan fingerprint density at radius 3 is 2.23 bits per heavy atom. The van der Waals surface area contributed by atoms with E-state index in [0.717, 1.165) is 6.42 Å². The molecule has 2 aliphatic heterocycles. The first-order chi connectivity index (χ1) is 9.87. The first-order valence-corrected chi connectivity index (χ1v) is 9.06. The Bertz CT molecular complexity index is 431. The van der Waals surface area contributed by atoms with E-state index in [4.69, 9.17) is 15.2 Å². The quantitative estimate of drug-likeness (QED) is 0.720. The molecule has 0 aromatic rings. The minimum atomic E-state index is -3.49. The molecule has 2 fully saturated rings. The summed E-state index contributed by atoms with van der Waals surface area (Å²) in [7, 11) is -3.49. The lowest BCUT2D eigenvalue weighted by Crippen LogP contribution is -2.53. The van der Waals surface area contributed by atoms with Crippen LogP contribution in [0.1, 0.15) is 33.1 Å². The van der Waals surface area contributed by atoms with E-state index >= 15 is 0 Å². The van der Waals surface area contributed by atoms with Crippen LogP contribution in [0.2, 0.25) is 0 Å². The molecule has 0 amide bonds. The molecule has 7 nitrogen and oxygen atoms in total. The highest BCUT2D eigenvalue weighted by molar-refractivity contribution is 7.87. The zero-order valence-electron chi connectivity index (χ0n) is 13.3. The molecule has 132 valence electrons. The molecule has 3 N–H and O–H groups in total. The summed E-state index contributed by atoms with van der Waals surface area (Å²) in [5.41, 5.74) is 5.67. The molecule has 2 heterocycles. The van der Waals surface area contributed by atoms with Crippen LogP contribution in [-0.4, -0.2) is 57.4 Å². The number of halogens is 1. The van der Waals surface area contributed by atoms with Gasteiger partial charge < -0.3 is 15.2 Å². The lowest BCUT2D eigenvalue weighted by Gasteiger charge is -2.37. The lowest BCUT2D eigenvalue weighted by atomic mass is 10.1. The van der Waals surface area contributed by atoms with Crippen molar-refractivity contribution in [3.8, 4) is 0 Å². The van der Waals surface area contributed by atoms with Crippen molar-refractivity contribution in [3.05, 3.63) is 0 Å². The van der Waals surface area contributed by atoms with Gasteiger partial charge in [-0.25, -0.2) is 0 Å². The average molecular weight is 358 g/mol. The molecule has 1 spiro atoms. The van der Waals surface area contributed by atoms with Crippen molar-refractivity contribution in [2.45, 2.75) is 44.9 Å². The second-order valence-electron chi connectivity index (χ2n) is 6.19. The topological polar surface area (TPSA) is 93.9 Å². The molecule has 0 saturated carbocycles. The van der Waals surface area contributed by atoms with E-state index in [9.17, 15) is 8.42 Å². The summed E-state index contributed by atoms with van der Waals surface area (Å²) in [6.45, 7) is 6.42. The van der Waals surface area contributed by atoms with Gasteiger partial charge in [-0.2, -0.15) is 17.4 Å². The van der Waals surface area contributed by atoms with Gasteiger partial charge in [0.15, 0.2) is 5.79 Å². The molecule has 0 aromatic heterocycles. The summed E-state index contributed by atoms with van der Waals surface area (Å²) in [6, 6.07) is -0.218. The molecule has 2 saturated heterocycles. The van der Waals surface area contributed by atoms with Crippen molar-refractivity contribution in [3.63, 3.8) is 0 Å². The van der Waals surface area contributed by atoms with Crippen molar-refractivity contribution in [2.75, 3.05) is 32.8 Å². The van der Waals surface area contributed by atoms with E-state index in [0.29, 0.717) is 51.6 Å². The Morgan fingerprint density at radius 2 is 1.77 bits per heavy atom. The van der Waals surface area contributed by atoms with Gasteiger partial charge in [0.1, 0.15) is 0 Å². The summed E-state index contributed by atoms with van der Waals surface area (Å²) in [5.74, 6) is -0.164. The van der Waals surface area contributed by atoms with Crippen LogP contribution >= 0.6 is 12.4 Å². The largest absolute Gasteiger partial charge is 0.347 e. The van der Waals surface area contributed by atoms with Crippen molar-refractivity contribution < 1.29 is 17.9 Å². The van der Waals surface area contributed by atoms with Crippen LogP contribution in [0.5, 0.6) is 0 Å². The highest BCUT2D eigenvalue weighted by Gasteiger charge is 2.42. The minimum absolute atomic E-state index is 0. The van der Waals surface area contributed by atoms with Gasteiger partial charge in [0, 0.05) is 38.5 Å². The highest BCUT2D eigenvalue weighted by Crippen LogP contribution is 2.31. The zero-order chi connectivity index (χ0) is 15.5. The van der Waals surface area contributed by atoms with Gasteiger partial charge in [-0.3, -0.25) is 0 Å². The maximum atomic E-state index is 12.4. The Balaban J connectivity index is 0.00000242. The van der Waals surface area contributed by atoms with Crippen LogP contribution in [0.3, 0.4) is 0 Å². The lowest BCUT2D eigenvalue weighted by molar-refractivity contribution is -0.179. The fraction of sp³-hybridized carbons (Fsp3) is 1.00. The SMILES string of the molecule is CC(C)CC(CN)NS(=O)(=O)N1CCC2(CC1)OCCO2.Cl. The Kier molecular flexibility index (Phi) is 7.51. The van der Waals surface area contributed by atoms with Gasteiger partial charge in [0.05, 0.1) is 13.2 Å². The zero-order valence-corrected chi connectivity index (χ0v) is 14.9. The predicted octanol–water partition coefficient (Wildman–Crippen LogP) is 0.455. The Morgan fingerprint density at radius 1 is 1.23 bits per heavy atom. The Labute approximate surface area is 139 Å². The maximum absolute atomic E-state index is 12.4. The highest BCUT2D eigenvalue weighted by atomic mass is 35.5. The van der Waals surface area contributed by atoms with Crippen LogP contribution in [0, 0.1) is 5.92 Å². The van der Waals surface area contributed by atoms with E-state index in [1.54, 1.807) is 0 Å². The maximum Gasteiger partial charge on any atom is 0.279 e. The number of nitrogens with zero attached hydrogens (tertiary/aromatic N) is 1. The van der Waals surface area contributed by atoms with Gasteiger partial charge in [-0.05, 0) is 12.3 Å². The normalized spacial score (nSPS) is 23.6. The monoisotopic (exact) mass is 357 g/mol. The van der Waals surface area contributed by atoms with E-state index in [2.05, 4.69) is 18.6 Å². The fourth-order valence-corrected chi connectivity index (χ4v) is 4.33. The number of nitrogens with two attached hydrogens (primary N) is 1. The molecule has 0 aliphatic carbocycles. The van der Waals surface area contributed by atoms with E-state index in [1.807, 2.05) is 0 Å². The molecule has 2 aliphatic rings. The summed E-state index contributed by atoms with van der Waals surface area (Å²) < 4.78 is 40.2. The number of rotatable bonds is 6. The third kappa shape index (κ3) is 5.02.